The third-order valence-electron chi connectivity index (χ3n) is 20.4. The van der Waals surface area contributed by atoms with Gasteiger partial charge in [-0.3, -0.25) is 91.5 Å². The van der Waals surface area contributed by atoms with Gasteiger partial charge in [0, 0.05) is 19.5 Å². The molecular formula is C82H144N26O21. The number of amides is 15. The number of aliphatic carboxylic acids is 3. The van der Waals surface area contributed by atoms with E-state index in [1.54, 1.807) is 58.0 Å². The lowest BCUT2D eigenvalue weighted by molar-refractivity contribution is -0.142. The molecular weight excluding hydrogens is 1690 g/mol. The molecule has 0 unspecified atom stereocenters. The van der Waals surface area contributed by atoms with Gasteiger partial charge in [0.05, 0.1) is 18.9 Å². The minimum Gasteiger partial charge on any atom is -0.481 e. The average molecular weight is 1830 g/mol. The van der Waals surface area contributed by atoms with Crippen molar-refractivity contribution in [3.63, 3.8) is 0 Å². The third kappa shape index (κ3) is 48.1. The normalized spacial score (nSPS) is 14.8. The summed E-state index contributed by atoms with van der Waals surface area (Å²) in [5, 5.41) is 64.8. The Bertz CT molecular complexity index is 3850. The molecule has 0 radical (unpaired) electrons. The lowest BCUT2D eigenvalue weighted by Gasteiger charge is -2.29. The van der Waals surface area contributed by atoms with Crippen LogP contribution < -0.4 is 132 Å². The number of carboxylic acid groups (broad SMARTS) is 3. The van der Waals surface area contributed by atoms with Crippen LogP contribution in [0.5, 0.6) is 0 Å². The summed E-state index contributed by atoms with van der Waals surface area (Å²) in [6.45, 7) is 13.2. The highest BCUT2D eigenvalue weighted by Crippen LogP contribution is 2.17. The molecule has 47 nitrogen and oxygen atoms in total. The highest BCUT2D eigenvalue weighted by molar-refractivity contribution is 6.01. The van der Waals surface area contributed by atoms with Crippen LogP contribution in [0.2, 0.25) is 0 Å². The smallest absolute Gasteiger partial charge is 0.326 e. The number of carbonyl (C=O) groups is 18. The van der Waals surface area contributed by atoms with Gasteiger partial charge in [0.25, 0.3) is 0 Å². The van der Waals surface area contributed by atoms with Gasteiger partial charge in [-0.1, -0.05) is 78.3 Å². The summed E-state index contributed by atoms with van der Waals surface area (Å²) in [7, 11) is 0. The van der Waals surface area contributed by atoms with Crippen molar-refractivity contribution >= 4 is 118 Å². The predicted octanol–water partition coefficient (Wildman–Crippen LogP) is -6.56. The van der Waals surface area contributed by atoms with Crippen LogP contribution in [0.15, 0.2) is 40.3 Å². The second-order valence-electron chi connectivity index (χ2n) is 32.6. The number of nitrogens with zero attached hydrogens (tertiary/aromatic N) is 2. The van der Waals surface area contributed by atoms with Crippen molar-refractivity contribution in [1.82, 2.24) is 74.4 Å². The fraction of sp³-hybridized carbons (Fsp3) is 0.683. The largest absolute Gasteiger partial charge is 0.481 e. The maximum Gasteiger partial charge on any atom is 0.326 e. The van der Waals surface area contributed by atoms with Crippen molar-refractivity contribution in [3.8, 4) is 0 Å². The summed E-state index contributed by atoms with van der Waals surface area (Å²) < 4.78 is 0. The van der Waals surface area contributed by atoms with Gasteiger partial charge in [-0.2, -0.15) is 0 Å². The number of benzene rings is 1. The molecule has 16 atom stereocenters. The van der Waals surface area contributed by atoms with Crippen LogP contribution in [-0.2, 0) is 92.7 Å². The van der Waals surface area contributed by atoms with Crippen molar-refractivity contribution in [2.24, 2.45) is 85.1 Å². The van der Waals surface area contributed by atoms with E-state index in [1.165, 1.54) is 13.8 Å². The maximum atomic E-state index is 14.7. The van der Waals surface area contributed by atoms with E-state index in [-0.39, 0.29) is 140 Å². The molecule has 0 aromatic heterocycles. The summed E-state index contributed by atoms with van der Waals surface area (Å²) in [4.78, 5) is 257. The number of carbonyl (C=O) groups excluding carboxylic acids is 15. The first kappa shape index (κ1) is 115. The molecule has 1 rings (SSSR count). The second-order valence-corrected chi connectivity index (χ2v) is 32.6. The number of guanidine groups is 2. The molecule has 0 saturated carbocycles. The molecule has 0 saturated heterocycles. The maximum absolute atomic E-state index is 14.7. The Hall–Kier alpha value is -12.0. The van der Waals surface area contributed by atoms with Crippen LogP contribution in [0.3, 0.4) is 0 Å². The fourth-order valence-electron chi connectivity index (χ4n) is 13.0. The summed E-state index contributed by atoms with van der Waals surface area (Å²) in [6.07, 6.45) is -1.75. The second kappa shape index (κ2) is 63.1. The molecule has 0 aliphatic carbocycles. The number of nitrogens with one attached hydrogen (secondary N) is 14. The van der Waals surface area contributed by atoms with Crippen molar-refractivity contribution in [3.05, 3.63) is 35.9 Å². The zero-order valence-electron chi connectivity index (χ0n) is 75.4. The van der Waals surface area contributed by atoms with Crippen LogP contribution in [0, 0.1) is 17.8 Å². The van der Waals surface area contributed by atoms with Gasteiger partial charge in [-0.05, 0) is 192 Å². The zero-order chi connectivity index (χ0) is 97.6. The fourth-order valence-corrected chi connectivity index (χ4v) is 13.0. The number of hydrogen-bond acceptors (Lipinski definition) is 25. The third-order valence-corrected chi connectivity index (χ3v) is 20.4. The number of nitrogens with two attached hydrogens (primary N) is 10. The van der Waals surface area contributed by atoms with Gasteiger partial charge in [0.1, 0.15) is 84.6 Å². The topological polar surface area (TPSA) is 821 Å². The van der Waals surface area contributed by atoms with Crippen LogP contribution >= 0.6 is 0 Å². The van der Waals surface area contributed by atoms with Gasteiger partial charge in [0.2, 0.25) is 88.6 Å². The van der Waals surface area contributed by atoms with Crippen molar-refractivity contribution < 1.29 is 102 Å². The lowest BCUT2D eigenvalue weighted by Crippen LogP contribution is -2.61. The van der Waals surface area contributed by atoms with E-state index in [9.17, 15) is 102 Å². The summed E-state index contributed by atoms with van der Waals surface area (Å²) >= 11 is 0. The van der Waals surface area contributed by atoms with Crippen LogP contribution in [-0.4, -0.2) is 264 Å². The Kier molecular flexibility index (Phi) is 56.2. The Morgan fingerprint density at radius 1 is 0.333 bits per heavy atom. The van der Waals surface area contributed by atoms with Gasteiger partial charge in [0.15, 0.2) is 11.9 Å². The van der Waals surface area contributed by atoms with E-state index in [1.807, 2.05) is 13.8 Å². The quantitative estimate of drug-likeness (QED) is 0.0164. The number of hydrogen-bond donors (Lipinski definition) is 27. The number of rotatable bonds is 68. The van der Waals surface area contributed by atoms with Gasteiger partial charge in [-0.15, -0.1) is 0 Å². The first-order valence-corrected chi connectivity index (χ1v) is 43.7. The van der Waals surface area contributed by atoms with Gasteiger partial charge >= 0.3 is 17.9 Å². The molecule has 0 bridgehead atoms. The van der Waals surface area contributed by atoms with E-state index in [4.69, 9.17) is 57.3 Å². The standard InChI is InChI=1S/C82H144N26O21/c1-9-46(6)65(79(127)96-48(8)67(115)103-57(80(128)129)28-16-20-36-86)108-74(122)53(27-15-19-35-85)100-77(125)60(42-62(88)109)106-71(119)51(25-13-17-33-83)97-66(114)47(7)95-69(117)54(29-21-37-93-81(89)90)98-73(121)56(31-32-63(110)111)102-70(118)55(30-22-38-94-82(91)92)101-78(126)61(43-64(112)113)107-76(124)59(40-45(4)5)105-72(120)52(26-14-18-34-84)99-75(123)58(39-44(2)3)104-68(116)50(87)41-49-23-11-10-12-24-49/h10-12,23-24,44-48,50-61,65H,9,13-22,25-43,83-87H2,1-8H3,(H2,88,109)(H,95,117)(H,96,127)(H,97,114)(H,98,121)(H,99,123)(H,100,125)(H,101,126)(H,102,118)(H,103,115)(H,104,116)(H,105,120)(H,106,119)(H,107,124)(H,108,122)(H,110,111)(H,112,113)(H,128,129)(H4,89,90,93)(H4,91,92,94)/t46-,47-,48-,50-,51-,52-,53-,54-,55-,56-,57-,58-,59-,60-,61-,65-/m0/s1. The Labute approximate surface area is 751 Å². The molecule has 1 aromatic rings. The van der Waals surface area contributed by atoms with Crippen molar-refractivity contribution in [1.29, 1.82) is 0 Å². The van der Waals surface area contributed by atoms with Crippen LogP contribution in [0.1, 0.15) is 209 Å². The minimum absolute atomic E-state index is 0.0117. The molecule has 0 heterocycles. The van der Waals surface area contributed by atoms with E-state index in [0.717, 1.165) is 5.56 Å². The molecule has 0 aliphatic heterocycles. The first-order chi connectivity index (χ1) is 60.8. The molecule has 37 N–H and O–H groups in total. The molecule has 0 spiro atoms. The van der Waals surface area contributed by atoms with Crippen molar-refractivity contribution in [2.45, 2.75) is 300 Å². The molecule has 47 heteroatoms. The number of aliphatic imine (C=N–C) groups is 2. The molecule has 0 aliphatic rings. The molecule has 129 heavy (non-hydrogen) atoms. The zero-order valence-corrected chi connectivity index (χ0v) is 75.4. The van der Waals surface area contributed by atoms with Crippen LogP contribution in [0.25, 0.3) is 0 Å². The Morgan fingerprint density at radius 2 is 0.636 bits per heavy atom. The summed E-state index contributed by atoms with van der Waals surface area (Å²) in [5.74, 6) is -21.5. The lowest BCUT2D eigenvalue weighted by atomic mass is 9.97. The summed E-state index contributed by atoms with van der Waals surface area (Å²) in [6, 6.07) is -14.1. The highest BCUT2D eigenvalue weighted by Gasteiger charge is 2.40. The van der Waals surface area contributed by atoms with Gasteiger partial charge in [-0.25, -0.2) is 4.79 Å². The van der Waals surface area contributed by atoms with Crippen LogP contribution in [0.4, 0.5) is 0 Å². The monoisotopic (exact) mass is 1830 g/mol. The number of unbranched alkanes of at least 4 members (excludes halogenated alkanes) is 4. The highest BCUT2D eigenvalue weighted by atomic mass is 16.4. The first-order valence-electron chi connectivity index (χ1n) is 43.7. The minimum atomic E-state index is -2.03. The predicted molar refractivity (Wildman–Crippen MR) is 477 cm³/mol. The van der Waals surface area contributed by atoms with E-state index in [0.29, 0.717) is 45.1 Å². The average Bonchev–Trinajstić information content (AvgIpc) is 0.853. The molecule has 0 fully saturated rings. The number of primary amides is 1. The Balaban J connectivity index is 3.79. The molecule has 1 aromatic carbocycles. The summed E-state index contributed by atoms with van der Waals surface area (Å²) in [5.41, 5.74) is 57.8. The van der Waals surface area contributed by atoms with Gasteiger partial charge < -0.3 is 147 Å². The molecule has 15 amide bonds. The SMILES string of the molecule is CC[C@H](C)[C@H](NC(=O)[C@H](CCCCN)NC(=O)[C@H](CC(N)=O)NC(=O)[C@H](CCCCN)NC(=O)[C@H](C)NC(=O)[C@H](CCCN=C(N)N)NC(=O)[C@H](CCC(=O)O)NC(=O)[C@H](CCCN=C(N)N)NC(=O)[C@H](CC(=O)O)NC(=O)[C@H](CC(C)C)NC(=O)[C@H](CCCCN)NC(=O)[C@H](CC(C)C)NC(=O)[C@@H](N)Cc1ccccc1)C(=O)N[C@@H](C)C(=O)N[C@@H](CCCCN)C(=O)O. The number of carboxylic acids is 3. The van der Waals surface area contributed by atoms with E-state index in [2.05, 4.69) is 84.4 Å². The van der Waals surface area contributed by atoms with E-state index < -0.39 is 235 Å². The van der Waals surface area contributed by atoms with Crippen molar-refractivity contribution in [2.75, 3.05) is 39.3 Å². The molecule has 728 valence electrons. The Morgan fingerprint density at radius 3 is 0.984 bits per heavy atom. The van der Waals surface area contributed by atoms with E-state index >= 15 is 0 Å².